The van der Waals surface area contributed by atoms with E-state index in [1.165, 1.54) is 0 Å². The molecule has 0 fully saturated rings. The molecule has 0 rings (SSSR count). The van der Waals surface area contributed by atoms with E-state index in [9.17, 15) is 4.79 Å². The maximum absolute atomic E-state index is 11.0. The third-order valence-corrected chi connectivity index (χ3v) is 1.72. The molecule has 12 heavy (non-hydrogen) atoms. The summed E-state index contributed by atoms with van der Waals surface area (Å²) in [6.45, 7) is 0.861. The van der Waals surface area contributed by atoms with Gasteiger partial charge in [-0.15, -0.1) is 0 Å². The third-order valence-electron chi connectivity index (χ3n) is 1.50. The van der Waals surface area contributed by atoms with E-state index in [4.69, 9.17) is 5.11 Å². The molecule has 0 radical (unpaired) electrons. The van der Waals surface area contributed by atoms with Crippen LogP contribution in [0.3, 0.4) is 0 Å². The third kappa shape index (κ3) is 7.88. The number of aliphatic hydroxyl groups is 1. The average Bonchev–Trinajstić information content (AvgIpc) is 2.09. The topological polar surface area (TPSA) is 49.3 Å². The van der Waals surface area contributed by atoms with Crippen LogP contribution in [0, 0.1) is 0 Å². The van der Waals surface area contributed by atoms with Gasteiger partial charge in [0.2, 0.25) is 5.91 Å². The van der Waals surface area contributed by atoms with Crippen LogP contribution in [0.15, 0.2) is 0 Å². The second-order valence-corrected chi connectivity index (χ2v) is 3.06. The molecule has 0 aliphatic rings. The van der Waals surface area contributed by atoms with E-state index in [1.807, 2.05) is 0 Å². The van der Waals surface area contributed by atoms with Crippen molar-refractivity contribution in [2.75, 3.05) is 18.9 Å². The van der Waals surface area contributed by atoms with Crippen LogP contribution in [-0.2, 0) is 4.79 Å². The second-order valence-electron chi connectivity index (χ2n) is 2.61. The zero-order valence-corrected chi connectivity index (χ0v) is 8.15. The Kier molecular flexibility index (Phi) is 8.71. The van der Waals surface area contributed by atoms with Gasteiger partial charge in [0.05, 0.1) is 0 Å². The van der Waals surface area contributed by atoms with Gasteiger partial charge in [-0.3, -0.25) is 4.79 Å². The number of carbonyl (C=O) groups is 1. The smallest absolute Gasteiger partial charge is 0.220 e. The summed E-state index contributed by atoms with van der Waals surface area (Å²) >= 11 is 3.97. The molecule has 0 saturated carbocycles. The Labute approximate surface area is 79.0 Å². The van der Waals surface area contributed by atoms with Crippen LogP contribution in [-0.4, -0.2) is 29.9 Å². The number of unbranched alkanes of at least 4 members (excludes halogenated alkanes) is 2. The molecule has 0 heterocycles. The summed E-state index contributed by atoms with van der Waals surface area (Å²) < 4.78 is 0. The van der Waals surface area contributed by atoms with Crippen LogP contribution in [0.5, 0.6) is 0 Å². The summed E-state index contributed by atoms with van der Waals surface area (Å²) in [6, 6.07) is 0. The maximum atomic E-state index is 11.0. The SMILES string of the molecule is O=C(CCCCCO)NCCS. The maximum Gasteiger partial charge on any atom is 0.220 e. The zero-order valence-electron chi connectivity index (χ0n) is 7.25. The highest BCUT2D eigenvalue weighted by atomic mass is 32.1. The number of nitrogens with one attached hydrogen (secondary N) is 1. The number of aliphatic hydroxyl groups excluding tert-OH is 1. The number of thiol groups is 1. The quantitative estimate of drug-likeness (QED) is 0.407. The van der Waals surface area contributed by atoms with Gasteiger partial charge in [-0.1, -0.05) is 6.42 Å². The standard InChI is InChI=1S/C8H17NO2S/c10-6-3-1-2-4-8(11)9-5-7-12/h10,12H,1-7H2,(H,9,11). The van der Waals surface area contributed by atoms with Gasteiger partial charge < -0.3 is 10.4 Å². The first-order chi connectivity index (χ1) is 5.81. The van der Waals surface area contributed by atoms with E-state index >= 15 is 0 Å². The largest absolute Gasteiger partial charge is 0.396 e. The van der Waals surface area contributed by atoms with Crippen LogP contribution >= 0.6 is 12.6 Å². The summed E-state index contributed by atoms with van der Waals surface area (Å²) in [6.07, 6.45) is 3.14. The first-order valence-corrected chi connectivity index (χ1v) is 4.93. The Hall–Kier alpha value is -0.220. The lowest BCUT2D eigenvalue weighted by molar-refractivity contribution is -0.121. The highest BCUT2D eigenvalue weighted by Gasteiger charge is 1.98. The molecule has 0 atom stereocenters. The lowest BCUT2D eigenvalue weighted by Crippen LogP contribution is -2.24. The van der Waals surface area contributed by atoms with Crippen molar-refractivity contribution in [2.45, 2.75) is 25.7 Å². The number of hydrogen-bond acceptors (Lipinski definition) is 3. The van der Waals surface area contributed by atoms with Crippen LogP contribution in [0.4, 0.5) is 0 Å². The minimum Gasteiger partial charge on any atom is -0.396 e. The van der Waals surface area contributed by atoms with Crippen LogP contribution in [0.25, 0.3) is 0 Å². The van der Waals surface area contributed by atoms with Gasteiger partial charge in [0.25, 0.3) is 0 Å². The van der Waals surface area contributed by atoms with Gasteiger partial charge in [-0.25, -0.2) is 0 Å². The summed E-state index contributed by atoms with van der Waals surface area (Å²) in [7, 11) is 0. The molecule has 0 bridgehead atoms. The molecule has 0 unspecified atom stereocenters. The Morgan fingerprint density at radius 1 is 1.33 bits per heavy atom. The molecule has 1 amide bonds. The van der Waals surface area contributed by atoms with Crippen LogP contribution in [0.2, 0.25) is 0 Å². The van der Waals surface area contributed by atoms with Crippen molar-refractivity contribution in [3.8, 4) is 0 Å². The number of amides is 1. The van der Waals surface area contributed by atoms with E-state index in [-0.39, 0.29) is 12.5 Å². The summed E-state index contributed by atoms with van der Waals surface area (Å²) in [5.41, 5.74) is 0. The molecule has 0 aliphatic carbocycles. The van der Waals surface area contributed by atoms with Crippen molar-refractivity contribution in [1.29, 1.82) is 0 Å². The van der Waals surface area contributed by atoms with Gasteiger partial charge in [0, 0.05) is 25.3 Å². The van der Waals surface area contributed by atoms with Crippen LogP contribution in [0.1, 0.15) is 25.7 Å². The molecule has 72 valence electrons. The molecule has 0 aromatic heterocycles. The monoisotopic (exact) mass is 191 g/mol. The first-order valence-electron chi connectivity index (χ1n) is 4.29. The number of carbonyl (C=O) groups excluding carboxylic acids is 1. The average molecular weight is 191 g/mol. The molecule has 0 spiro atoms. The minimum atomic E-state index is 0.0852. The Morgan fingerprint density at radius 3 is 2.67 bits per heavy atom. The molecular weight excluding hydrogens is 174 g/mol. The lowest BCUT2D eigenvalue weighted by Gasteiger charge is -2.01. The highest BCUT2D eigenvalue weighted by Crippen LogP contribution is 1.98. The Bertz CT molecular complexity index is 120. The summed E-state index contributed by atoms with van der Waals surface area (Å²) in [5, 5.41) is 11.2. The van der Waals surface area contributed by atoms with E-state index in [0.717, 1.165) is 19.3 Å². The molecular formula is C8H17NO2S. The summed E-state index contributed by atoms with van der Waals surface area (Å²) in [5.74, 6) is 0.768. The molecule has 0 saturated heterocycles. The second kappa shape index (κ2) is 8.87. The van der Waals surface area contributed by atoms with E-state index < -0.39 is 0 Å². The van der Waals surface area contributed by atoms with E-state index in [2.05, 4.69) is 17.9 Å². The fourth-order valence-electron chi connectivity index (χ4n) is 0.858. The van der Waals surface area contributed by atoms with Gasteiger partial charge >= 0.3 is 0 Å². The van der Waals surface area contributed by atoms with Crippen molar-refractivity contribution in [3.63, 3.8) is 0 Å². The summed E-state index contributed by atoms with van der Waals surface area (Å²) in [4.78, 5) is 11.0. The van der Waals surface area contributed by atoms with Crippen molar-refractivity contribution in [2.24, 2.45) is 0 Å². The molecule has 3 nitrogen and oxygen atoms in total. The Morgan fingerprint density at radius 2 is 2.08 bits per heavy atom. The number of rotatable bonds is 7. The van der Waals surface area contributed by atoms with Gasteiger partial charge in [0.15, 0.2) is 0 Å². The Balaban J connectivity index is 3.08. The molecule has 4 heteroatoms. The van der Waals surface area contributed by atoms with Gasteiger partial charge in [-0.05, 0) is 12.8 Å². The van der Waals surface area contributed by atoms with E-state index in [1.54, 1.807) is 0 Å². The fourth-order valence-corrected chi connectivity index (χ4v) is 0.970. The molecule has 2 N–H and O–H groups in total. The zero-order chi connectivity index (χ0) is 9.23. The first kappa shape index (κ1) is 11.8. The fraction of sp³-hybridized carbons (Fsp3) is 0.875. The van der Waals surface area contributed by atoms with Crippen molar-refractivity contribution >= 4 is 18.5 Å². The van der Waals surface area contributed by atoms with Crippen molar-refractivity contribution in [3.05, 3.63) is 0 Å². The normalized spacial score (nSPS) is 9.83. The predicted octanol–water partition coefficient (Wildman–Crippen LogP) is 0.585. The molecule has 0 aromatic rings. The predicted molar refractivity (Wildman–Crippen MR) is 52.4 cm³/mol. The molecule has 0 aliphatic heterocycles. The van der Waals surface area contributed by atoms with Gasteiger partial charge in [-0.2, -0.15) is 12.6 Å². The minimum absolute atomic E-state index is 0.0852. The highest BCUT2D eigenvalue weighted by molar-refractivity contribution is 7.80. The van der Waals surface area contributed by atoms with Crippen molar-refractivity contribution < 1.29 is 9.90 Å². The lowest BCUT2D eigenvalue weighted by atomic mass is 10.2. The van der Waals surface area contributed by atoms with E-state index in [0.29, 0.717) is 18.7 Å². The number of hydrogen-bond donors (Lipinski definition) is 3. The molecule has 0 aromatic carbocycles. The van der Waals surface area contributed by atoms with Crippen molar-refractivity contribution in [1.82, 2.24) is 5.32 Å². The van der Waals surface area contributed by atoms with Gasteiger partial charge in [0.1, 0.15) is 0 Å². The van der Waals surface area contributed by atoms with Crippen LogP contribution < -0.4 is 5.32 Å².